The van der Waals surface area contributed by atoms with E-state index in [1.54, 1.807) is 24.1 Å². The summed E-state index contributed by atoms with van der Waals surface area (Å²) < 4.78 is 33.8. The molecule has 4 rings (SSSR count). The van der Waals surface area contributed by atoms with Crippen molar-refractivity contribution >= 4 is 42.6 Å². The largest absolute Gasteiger partial charge is 0.379 e. The van der Waals surface area contributed by atoms with Gasteiger partial charge in [0.15, 0.2) is 5.13 Å². The first-order chi connectivity index (χ1) is 18.2. The molecule has 0 bridgehead atoms. The predicted molar refractivity (Wildman–Crippen MR) is 154 cm³/mol. The first-order valence-electron chi connectivity index (χ1n) is 13.3. The Labute approximate surface area is 230 Å². The summed E-state index contributed by atoms with van der Waals surface area (Å²) in [4.78, 5) is 23.0. The molecule has 2 heterocycles. The number of amides is 1. The standard InChI is InChI=1S/C28H38N4O4S2/c1-5-6-14-30(4)38(34,35)24-12-10-23(11-13-24)27(33)32(16-7-15-31-17-19-36-20-18-31)28-29-25-21(2)8-9-22(3)26(25)37-28/h8-13H,5-7,14-20H2,1-4H3. The van der Waals surface area contributed by atoms with Crippen molar-refractivity contribution in [2.75, 3.05) is 57.9 Å². The number of hydrogen-bond donors (Lipinski definition) is 0. The molecule has 1 aliphatic rings. The molecule has 0 radical (unpaired) electrons. The van der Waals surface area contributed by atoms with E-state index in [0.717, 1.165) is 73.5 Å². The second-order valence-corrected chi connectivity index (χ2v) is 12.9. The van der Waals surface area contributed by atoms with Gasteiger partial charge in [-0.3, -0.25) is 14.6 Å². The van der Waals surface area contributed by atoms with Gasteiger partial charge in [-0.15, -0.1) is 0 Å². The summed E-state index contributed by atoms with van der Waals surface area (Å²) in [6.07, 6.45) is 2.51. The van der Waals surface area contributed by atoms with Crippen LogP contribution in [0.2, 0.25) is 0 Å². The minimum absolute atomic E-state index is 0.176. The topological polar surface area (TPSA) is 83.1 Å². The van der Waals surface area contributed by atoms with Crippen LogP contribution in [-0.4, -0.2) is 81.5 Å². The average molecular weight is 559 g/mol. The molecule has 0 N–H and O–H groups in total. The van der Waals surface area contributed by atoms with E-state index in [4.69, 9.17) is 9.72 Å². The number of thiazole rings is 1. The number of fused-ring (bicyclic) bond motifs is 1. The SMILES string of the molecule is CCCCN(C)S(=O)(=O)c1ccc(C(=O)N(CCCN2CCOCC2)c2nc3c(C)ccc(C)c3s2)cc1. The number of benzene rings is 2. The lowest BCUT2D eigenvalue weighted by molar-refractivity contribution is 0.0376. The van der Waals surface area contributed by atoms with Gasteiger partial charge in [0, 0.05) is 45.3 Å². The molecule has 2 aromatic carbocycles. The first kappa shape index (κ1) is 28.6. The Morgan fingerprint density at radius 1 is 1.03 bits per heavy atom. The van der Waals surface area contributed by atoms with Gasteiger partial charge in [-0.25, -0.2) is 17.7 Å². The summed E-state index contributed by atoms with van der Waals surface area (Å²) in [5.41, 5.74) is 3.58. The number of ether oxygens (including phenoxy) is 1. The number of aromatic nitrogens is 1. The van der Waals surface area contributed by atoms with E-state index >= 15 is 0 Å². The molecule has 38 heavy (non-hydrogen) atoms. The van der Waals surface area contributed by atoms with Crippen molar-refractivity contribution in [3.63, 3.8) is 0 Å². The molecule has 1 aromatic heterocycles. The van der Waals surface area contributed by atoms with Gasteiger partial charge in [0.05, 0.1) is 28.3 Å². The number of rotatable bonds is 11. The summed E-state index contributed by atoms with van der Waals surface area (Å²) in [6, 6.07) is 10.4. The van der Waals surface area contributed by atoms with Crippen molar-refractivity contribution in [2.45, 2.75) is 44.9 Å². The summed E-state index contributed by atoms with van der Waals surface area (Å²) in [5, 5.41) is 0.667. The van der Waals surface area contributed by atoms with E-state index in [2.05, 4.69) is 24.0 Å². The van der Waals surface area contributed by atoms with Crippen LogP contribution in [0.3, 0.4) is 0 Å². The Hall–Kier alpha value is -2.37. The zero-order valence-corrected chi connectivity index (χ0v) is 24.4. The smallest absolute Gasteiger partial charge is 0.260 e. The van der Waals surface area contributed by atoms with Crippen molar-refractivity contribution in [2.24, 2.45) is 0 Å². The zero-order chi connectivity index (χ0) is 27.3. The van der Waals surface area contributed by atoms with Crippen LogP contribution in [0, 0.1) is 13.8 Å². The lowest BCUT2D eigenvalue weighted by Crippen LogP contribution is -2.39. The van der Waals surface area contributed by atoms with E-state index in [-0.39, 0.29) is 10.8 Å². The Bertz CT molecular complexity index is 1310. The fourth-order valence-corrected chi connectivity index (χ4v) is 6.88. The highest BCUT2D eigenvalue weighted by Gasteiger charge is 2.25. The van der Waals surface area contributed by atoms with Crippen LogP contribution in [0.4, 0.5) is 5.13 Å². The monoisotopic (exact) mass is 558 g/mol. The summed E-state index contributed by atoms with van der Waals surface area (Å²) in [6.45, 7) is 11.3. The number of unbranched alkanes of at least 4 members (excludes halogenated alkanes) is 1. The normalized spacial score (nSPS) is 14.9. The minimum atomic E-state index is -3.60. The molecule has 0 spiro atoms. The van der Waals surface area contributed by atoms with Crippen LogP contribution in [0.25, 0.3) is 10.2 Å². The molecule has 1 amide bonds. The number of carbonyl (C=O) groups excluding carboxylic acids is 1. The van der Waals surface area contributed by atoms with Gasteiger partial charge in [-0.2, -0.15) is 0 Å². The van der Waals surface area contributed by atoms with Crippen LogP contribution >= 0.6 is 11.3 Å². The molecule has 0 atom stereocenters. The molecule has 3 aromatic rings. The van der Waals surface area contributed by atoms with Crippen LogP contribution in [0.15, 0.2) is 41.3 Å². The molecular weight excluding hydrogens is 520 g/mol. The summed E-state index contributed by atoms with van der Waals surface area (Å²) in [7, 11) is -2.00. The highest BCUT2D eigenvalue weighted by molar-refractivity contribution is 7.89. The molecule has 8 nitrogen and oxygen atoms in total. The van der Waals surface area contributed by atoms with Gasteiger partial charge in [0.2, 0.25) is 10.0 Å². The van der Waals surface area contributed by atoms with Crippen LogP contribution in [-0.2, 0) is 14.8 Å². The molecule has 1 fully saturated rings. The second kappa shape index (κ2) is 12.7. The van der Waals surface area contributed by atoms with Crippen molar-refractivity contribution < 1.29 is 17.9 Å². The number of carbonyl (C=O) groups is 1. The summed E-state index contributed by atoms with van der Waals surface area (Å²) >= 11 is 1.53. The number of anilines is 1. The maximum Gasteiger partial charge on any atom is 0.260 e. The van der Waals surface area contributed by atoms with Crippen molar-refractivity contribution in [3.8, 4) is 0 Å². The van der Waals surface area contributed by atoms with E-state index in [9.17, 15) is 13.2 Å². The lowest BCUT2D eigenvalue weighted by atomic mass is 10.1. The van der Waals surface area contributed by atoms with Gasteiger partial charge in [-0.05, 0) is 62.1 Å². The number of hydrogen-bond acceptors (Lipinski definition) is 7. The minimum Gasteiger partial charge on any atom is -0.379 e. The lowest BCUT2D eigenvalue weighted by Gasteiger charge is -2.27. The Morgan fingerprint density at radius 2 is 1.71 bits per heavy atom. The molecule has 1 aliphatic heterocycles. The van der Waals surface area contributed by atoms with E-state index < -0.39 is 10.0 Å². The maximum absolute atomic E-state index is 13.8. The van der Waals surface area contributed by atoms with Crippen LogP contribution in [0.1, 0.15) is 47.7 Å². The van der Waals surface area contributed by atoms with Crippen molar-refractivity contribution in [1.82, 2.24) is 14.2 Å². The van der Waals surface area contributed by atoms with Gasteiger partial charge < -0.3 is 4.74 Å². The third-order valence-corrected chi connectivity index (χ3v) is 10.1. The predicted octanol–water partition coefficient (Wildman–Crippen LogP) is 4.70. The molecule has 1 saturated heterocycles. The van der Waals surface area contributed by atoms with Gasteiger partial charge >= 0.3 is 0 Å². The molecular formula is C28H38N4O4S2. The average Bonchev–Trinajstić information content (AvgIpc) is 3.38. The van der Waals surface area contributed by atoms with Crippen LogP contribution < -0.4 is 4.90 Å². The molecule has 206 valence electrons. The number of morpholine rings is 1. The van der Waals surface area contributed by atoms with Gasteiger partial charge in [-0.1, -0.05) is 36.8 Å². The highest BCUT2D eigenvalue weighted by Crippen LogP contribution is 2.34. The Balaban J connectivity index is 1.59. The molecule has 0 saturated carbocycles. The summed E-state index contributed by atoms with van der Waals surface area (Å²) in [5.74, 6) is -0.176. The van der Waals surface area contributed by atoms with Crippen molar-refractivity contribution in [1.29, 1.82) is 0 Å². The fraction of sp³-hybridized carbons (Fsp3) is 0.500. The first-order valence-corrected chi connectivity index (χ1v) is 15.5. The van der Waals surface area contributed by atoms with E-state index in [1.807, 2.05) is 13.8 Å². The van der Waals surface area contributed by atoms with E-state index in [1.165, 1.54) is 27.8 Å². The maximum atomic E-state index is 13.8. The quantitative estimate of drug-likeness (QED) is 0.339. The van der Waals surface area contributed by atoms with E-state index in [0.29, 0.717) is 23.8 Å². The third-order valence-electron chi connectivity index (χ3n) is 7.00. The molecule has 0 unspecified atom stereocenters. The Kier molecular flexibility index (Phi) is 9.54. The molecule has 10 heteroatoms. The highest BCUT2D eigenvalue weighted by atomic mass is 32.2. The van der Waals surface area contributed by atoms with Crippen LogP contribution in [0.5, 0.6) is 0 Å². The number of nitrogens with zero attached hydrogens (tertiary/aromatic N) is 4. The third kappa shape index (κ3) is 6.43. The number of sulfonamides is 1. The zero-order valence-electron chi connectivity index (χ0n) is 22.8. The fourth-order valence-electron chi connectivity index (χ4n) is 4.53. The Morgan fingerprint density at radius 3 is 2.37 bits per heavy atom. The van der Waals surface area contributed by atoms with Gasteiger partial charge in [0.25, 0.3) is 5.91 Å². The van der Waals surface area contributed by atoms with Crippen molar-refractivity contribution in [3.05, 3.63) is 53.1 Å². The second-order valence-electron chi connectivity index (χ2n) is 9.84. The number of aryl methyl sites for hydroxylation is 2. The molecule has 0 aliphatic carbocycles. The van der Waals surface area contributed by atoms with Gasteiger partial charge in [0.1, 0.15) is 0 Å².